The highest BCUT2D eigenvalue weighted by molar-refractivity contribution is 8.26. The second kappa shape index (κ2) is 35.0. The van der Waals surface area contributed by atoms with Crippen molar-refractivity contribution in [1.29, 1.82) is 0 Å². The maximum atomic E-state index is 13.2. The number of likely N-dealkylation sites (N-methyl/N-ethyl adjacent to an activating group) is 4. The second-order valence-corrected chi connectivity index (χ2v) is 33.4. The molecule has 7 aromatic heterocycles. The molecular weight excluding hydrogens is 1630 g/mol. The number of hydrogen-bond donors (Lipinski definition) is 0. The molecule has 32 nitrogen and oxygen atoms in total. The molecule has 0 radical (unpaired) electrons. The number of carbonyl (C=O) groups excluding carboxylic acids is 5. The van der Waals surface area contributed by atoms with Gasteiger partial charge in [0, 0.05) is 98.0 Å². The molecule has 4 amide bonds. The van der Waals surface area contributed by atoms with E-state index in [2.05, 4.69) is 89.7 Å². The lowest BCUT2D eigenvalue weighted by Crippen LogP contribution is -2.68. The fraction of sp³-hybridized carbons (Fsp3) is 0.362. The van der Waals surface area contributed by atoms with Gasteiger partial charge in [-0.3, -0.25) is 24.0 Å². The van der Waals surface area contributed by atoms with Gasteiger partial charge in [0.1, 0.15) is 82.4 Å². The van der Waals surface area contributed by atoms with Gasteiger partial charge in [-0.1, -0.05) is 162 Å². The predicted octanol–water partition coefficient (Wildman–Crippen LogP) is 10.8. The summed E-state index contributed by atoms with van der Waals surface area (Å²) in [7, 11) is 14.4. The second-order valence-electron chi connectivity index (χ2n) is 28.6. The van der Waals surface area contributed by atoms with E-state index in [0.29, 0.717) is 162 Å². The van der Waals surface area contributed by atoms with Gasteiger partial charge in [0.05, 0.1) is 84.1 Å². The van der Waals surface area contributed by atoms with Crippen molar-refractivity contribution in [2.45, 2.75) is 82.0 Å². The van der Waals surface area contributed by atoms with E-state index in [0.717, 1.165) is 65.9 Å². The van der Waals surface area contributed by atoms with Crippen LogP contribution in [-0.2, 0) is 53.8 Å². The van der Waals surface area contributed by atoms with Crippen LogP contribution < -0.4 is 39.2 Å². The van der Waals surface area contributed by atoms with E-state index in [1.54, 1.807) is 84.7 Å². The summed E-state index contributed by atoms with van der Waals surface area (Å²) in [6.45, 7) is 14.1. The summed E-state index contributed by atoms with van der Waals surface area (Å²) in [6, 6.07) is 38.8. The summed E-state index contributed by atoms with van der Waals surface area (Å²) in [5, 5.41) is 12.9. The third-order valence-electron chi connectivity index (χ3n) is 22.6. The molecule has 0 aliphatic carbocycles. The molecule has 19 rings (SSSR count). The highest BCUT2D eigenvalue weighted by Crippen LogP contribution is 2.48. The van der Waals surface area contributed by atoms with Crippen LogP contribution in [0, 0.1) is 0 Å². The van der Waals surface area contributed by atoms with Crippen LogP contribution >= 0.6 is 56.0 Å². The van der Waals surface area contributed by atoms with E-state index >= 15 is 0 Å². The standard InChI is InChI=1S/3C20H20N6O2S.C20H22N4O3.Cl2OS/c3*1-3-20-12-28-10-9-26(20)18-14(25(2)19(20)27)11-21-17(22-18)16-15(23-24-29-16)13-7-5-4-6-8-13;1-3-20-13-27-10-9-24(20)18-15(23(2)19(20)26)12-21-17(22-18)11-16(25)14-7-5-4-6-8-14;1-4(2)3/h3*4-8,11H,3,9-10,12H2,1-2H3;4-8,12H,3,9-11,13H2,1-2H3;/t2*20-;;;/m10.../s1. The minimum Gasteiger partial charge on any atom is -0.377 e. The molecule has 2 unspecified atom stereocenters. The van der Waals surface area contributed by atoms with Crippen LogP contribution in [0.25, 0.3) is 65.9 Å². The molecule has 0 bridgehead atoms. The average Bonchev–Trinajstić information content (AvgIpc) is 1.00. The van der Waals surface area contributed by atoms with Crippen LogP contribution in [0.15, 0.2) is 146 Å². The van der Waals surface area contributed by atoms with E-state index in [1.165, 1.54) is 34.6 Å². The zero-order chi connectivity index (χ0) is 82.6. The van der Waals surface area contributed by atoms with Crippen molar-refractivity contribution < 1.29 is 47.1 Å². The number of ketones is 1. The van der Waals surface area contributed by atoms with Crippen molar-refractivity contribution in [3.8, 4) is 65.9 Å². The first-order chi connectivity index (χ1) is 57.3. The number of rotatable bonds is 13. The number of aromatic nitrogens is 14. The molecule has 610 valence electrons. The maximum absolute atomic E-state index is 13.2. The molecule has 38 heteroatoms. The Morgan fingerprint density at radius 3 is 0.949 bits per heavy atom. The topological polar surface area (TPSA) is 346 Å². The molecule has 4 aromatic carbocycles. The predicted molar refractivity (Wildman–Crippen MR) is 454 cm³/mol. The van der Waals surface area contributed by atoms with Gasteiger partial charge in [0.2, 0.25) is 9.23 Å². The number of nitrogens with zero attached hydrogens (tertiary/aromatic N) is 22. The number of ether oxygens (including phenoxy) is 4. The number of morpholine rings is 4. The molecule has 0 saturated carbocycles. The molecule has 4 atom stereocenters. The van der Waals surface area contributed by atoms with Gasteiger partial charge in [0.25, 0.3) is 23.6 Å². The summed E-state index contributed by atoms with van der Waals surface area (Å²) in [5.74, 6) is 5.17. The third kappa shape index (κ3) is 15.1. The zero-order valence-electron chi connectivity index (χ0n) is 65.7. The summed E-state index contributed by atoms with van der Waals surface area (Å²) in [4.78, 5) is 120. The van der Waals surface area contributed by atoms with Crippen molar-refractivity contribution in [2.24, 2.45) is 0 Å². The minimum atomic E-state index is -1.67. The quantitative estimate of drug-likeness (QED) is 0.0764. The molecule has 0 spiro atoms. The molecule has 4 saturated heterocycles. The molecular formula is C80H82Cl2N22O10S4. The maximum Gasteiger partial charge on any atom is 0.255 e. The third-order valence-corrected chi connectivity index (χ3v) is 24.7. The average molecular weight is 1710 g/mol. The van der Waals surface area contributed by atoms with Gasteiger partial charge in [-0.2, -0.15) is 0 Å². The Labute approximate surface area is 703 Å². The minimum absolute atomic E-state index is 0.00564. The summed E-state index contributed by atoms with van der Waals surface area (Å²) < 4.78 is 44.2. The first kappa shape index (κ1) is 82.3. The molecule has 0 N–H and O–H groups in total. The monoisotopic (exact) mass is 1710 g/mol. The highest BCUT2D eigenvalue weighted by Gasteiger charge is 2.56. The number of Topliss-reactive ketones (excluding diaryl/α,β-unsaturated/α-hetero) is 1. The van der Waals surface area contributed by atoms with Crippen molar-refractivity contribution in [1.82, 2.24) is 68.6 Å². The Morgan fingerprint density at radius 1 is 0.407 bits per heavy atom. The number of halogens is 2. The molecule has 4 fully saturated rings. The van der Waals surface area contributed by atoms with Crippen molar-refractivity contribution in [3.05, 3.63) is 158 Å². The van der Waals surface area contributed by atoms with Crippen molar-refractivity contribution in [3.63, 3.8) is 0 Å². The molecule has 118 heavy (non-hydrogen) atoms. The lowest BCUT2D eigenvalue weighted by atomic mass is 9.89. The fourth-order valence-corrected chi connectivity index (χ4v) is 17.9. The van der Waals surface area contributed by atoms with Crippen LogP contribution in [0.1, 0.15) is 69.6 Å². The van der Waals surface area contributed by atoms with Crippen molar-refractivity contribution in [2.75, 3.05) is 146 Å². The van der Waals surface area contributed by atoms with E-state index in [4.69, 9.17) is 38.1 Å². The van der Waals surface area contributed by atoms with Gasteiger partial charge in [-0.25, -0.2) is 44.1 Å². The normalized spacial score (nSPS) is 20.8. The number of fused-ring (bicyclic) bond motifs is 12. The van der Waals surface area contributed by atoms with Crippen LogP contribution in [0.5, 0.6) is 0 Å². The Balaban J connectivity index is 0.000000121. The first-order valence-corrected chi connectivity index (χ1v) is 43.4. The van der Waals surface area contributed by atoms with Crippen molar-refractivity contribution >= 4 is 141 Å². The fourth-order valence-electron chi connectivity index (χ4n) is 16.1. The number of carbonyl (C=O) groups is 5. The van der Waals surface area contributed by atoms with Crippen LogP contribution in [0.2, 0.25) is 0 Å². The zero-order valence-corrected chi connectivity index (χ0v) is 70.5. The Bertz CT molecular complexity index is 5150. The molecule has 8 aliphatic rings. The Kier molecular flexibility index (Phi) is 24.4. The van der Waals surface area contributed by atoms with E-state index < -0.39 is 31.4 Å². The molecule has 15 heterocycles. The van der Waals surface area contributed by atoms with Gasteiger partial charge in [0.15, 0.2) is 46.5 Å². The van der Waals surface area contributed by atoms with Gasteiger partial charge < -0.3 is 58.1 Å². The molecule has 11 aromatic rings. The Hall–Kier alpha value is -10.8. The van der Waals surface area contributed by atoms with Crippen LogP contribution in [0.3, 0.4) is 0 Å². The number of benzene rings is 4. The number of anilines is 8. The van der Waals surface area contributed by atoms with Crippen LogP contribution in [-0.4, -0.2) is 232 Å². The van der Waals surface area contributed by atoms with E-state index in [9.17, 15) is 24.0 Å². The van der Waals surface area contributed by atoms with Crippen LogP contribution in [0.4, 0.5) is 46.0 Å². The van der Waals surface area contributed by atoms with E-state index in [-0.39, 0.29) is 35.8 Å². The molecule has 8 aliphatic heterocycles. The summed E-state index contributed by atoms with van der Waals surface area (Å²) >= 11 is 3.82. The smallest absolute Gasteiger partial charge is 0.255 e. The lowest BCUT2D eigenvalue weighted by molar-refractivity contribution is -0.129. The van der Waals surface area contributed by atoms with Gasteiger partial charge >= 0.3 is 0 Å². The SMILES string of the molecule is CCC12COCCN1c1nc(-c3snnc3-c3ccccc3)ncc1N(C)C2=O.CCC12COCCN1c1nc(CC(=O)c3ccccc3)ncc1N(C)C2=O.CC[C@@]12COCCN1c1nc(-c3snnc3-c3ccccc3)ncc1N(C)C2=O.CC[C@]12COCCN1c1nc(-c3snnc3-c3ccccc3)ncc1N(C)C2=O.O=S(Cl)Cl. The Morgan fingerprint density at radius 2 is 0.669 bits per heavy atom. The highest BCUT2D eigenvalue weighted by atomic mass is 36.0. The summed E-state index contributed by atoms with van der Waals surface area (Å²) in [5.41, 5.74) is 5.74. The van der Waals surface area contributed by atoms with Gasteiger partial charge in [-0.05, 0) is 60.3 Å². The van der Waals surface area contributed by atoms with Gasteiger partial charge in [-0.15, -0.1) is 15.3 Å². The number of amides is 4. The summed E-state index contributed by atoms with van der Waals surface area (Å²) in [6.07, 6.45) is 9.49. The lowest BCUT2D eigenvalue weighted by Gasteiger charge is -2.51. The largest absolute Gasteiger partial charge is 0.377 e. The van der Waals surface area contributed by atoms with E-state index in [1.807, 2.05) is 142 Å². The first-order valence-electron chi connectivity index (χ1n) is 38.2. The number of hydrogen-bond acceptors (Lipinski definition) is 31.